The van der Waals surface area contributed by atoms with E-state index < -0.39 is 21.9 Å². The Morgan fingerprint density at radius 3 is 2.75 bits per heavy atom. The lowest BCUT2D eigenvalue weighted by molar-refractivity contribution is -0.140. The molecule has 1 aromatic heterocycles. The van der Waals surface area contributed by atoms with Gasteiger partial charge in [-0.2, -0.15) is 0 Å². The summed E-state index contributed by atoms with van der Waals surface area (Å²) in [5.41, 5.74) is 0. The molecule has 0 aliphatic carbocycles. The normalized spacial score (nSPS) is 13.6. The molecule has 1 unspecified atom stereocenters. The Labute approximate surface area is 97.4 Å². The first-order valence-corrected chi connectivity index (χ1v) is 6.78. The number of aryl methyl sites for hydroxylation is 1. The fraction of sp³-hybridized carbons (Fsp3) is 0.500. The van der Waals surface area contributed by atoms with Crippen molar-refractivity contribution in [3.05, 3.63) is 11.2 Å². The number of sulfonamides is 1. The molecule has 0 aromatic carbocycles. The third kappa shape index (κ3) is 3.26. The van der Waals surface area contributed by atoms with Crippen LogP contribution in [0, 0.1) is 12.8 Å². The van der Waals surface area contributed by atoms with E-state index in [0.717, 1.165) is 11.3 Å². The first kappa shape index (κ1) is 13.1. The van der Waals surface area contributed by atoms with E-state index in [0.29, 0.717) is 5.01 Å². The van der Waals surface area contributed by atoms with Gasteiger partial charge in [0.1, 0.15) is 0 Å². The van der Waals surface area contributed by atoms with Gasteiger partial charge in [0.2, 0.25) is 0 Å². The molecule has 0 aliphatic rings. The highest BCUT2D eigenvalue weighted by molar-refractivity contribution is 7.91. The summed E-state index contributed by atoms with van der Waals surface area (Å²) in [6.07, 6.45) is 1.26. The van der Waals surface area contributed by atoms with Crippen molar-refractivity contribution in [2.75, 3.05) is 6.54 Å². The highest BCUT2D eigenvalue weighted by Gasteiger charge is 2.19. The molecule has 0 aliphatic heterocycles. The molecule has 8 heteroatoms. The molecule has 1 atom stereocenters. The molecular formula is C8H12N2O4S2. The van der Waals surface area contributed by atoms with Crippen LogP contribution < -0.4 is 4.72 Å². The van der Waals surface area contributed by atoms with Crippen LogP contribution in [-0.4, -0.2) is 31.0 Å². The number of thiazole rings is 1. The van der Waals surface area contributed by atoms with Crippen molar-refractivity contribution in [3.63, 3.8) is 0 Å². The predicted octanol–water partition coefficient (Wildman–Crippen LogP) is 0.451. The second kappa shape index (κ2) is 4.89. The minimum absolute atomic E-state index is 0.0996. The van der Waals surface area contributed by atoms with Crippen LogP contribution in [0.3, 0.4) is 0 Å². The van der Waals surface area contributed by atoms with Crippen molar-refractivity contribution >= 4 is 27.3 Å². The van der Waals surface area contributed by atoms with Crippen LogP contribution in [0.1, 0.15) is 11.9 Å². The molecule has 0 bridgehead atoms. The molecule has 0 saturated carbocycles. The number of hydrogen-bond donors (Lipinski definition) is 2. The highest BCUT2D eigenvalue weighted by Crippen LogP contribution is 2.17. The summed E-state index contributed by atoms with van der Waals surface area (Å²) in [6, 6.07) is 0. The summed E-state index contributed by atoms with van der Waals surface area (Å²) in [5, 5.41) is 9.25. The Bertz CT molecular complexity index is 480. The molecule has 0 spiro atoms. The average Bonchev–Trinajstić information content (AvgIpc) is 2.61. The fourth-order valence-corrected chi connectivity index (χ4v) is 3.14. The Morgan fingerprint density at radius 2 is 2.31 bits per heavy atom. The zero-order valence-corrected chi connectivity index (χ0v) is 10.4. The number of aromatic nitrogens is 1. The number of carboxylic acid groups (broad SMARTS) is 1. The summed E-state index contributed by atoms with van der Waals surface area (Å²) in [6.45, 7) is 3.00. The standard InChI is InChI=1S/C8H12N2O4S2/c1-5(8(11)12)3-10-16(13,14)7-4-9-6(2)15-7/h4-5,10H,3H2,1-2H3,(H,11,12). The second-order valence-corrected chi connectivity index (χ2v) is 6.52. The summed E-state index contributed by atoms with van der Waals surface area (Å²) < 4.78 is 25.6. The van der Waals surface area contributed by atoms with E-state index in [1.165, 1.54) is 13.1 Å². The van der Waals surface area contributed by atoms with Gasteiger partial charge >= 0.3 is 5.97 Å². The van der Waals surface area contributed by atoms with E-state index >= 15 is 0 Å². The lowest BCUT2D eigenvalue weighted by atomic mass is 10.2. The van der Waals surface area contributed by atoms with E-state index in [1.54, 1.807) is 6.92 Å². The van der Waals surface area contributed by atoms with Crippen molar-refractivity contribution in [2.24, 2.45) is 5.92 Å². The average molecular weight is 264 g/mol. The van der Waals surface area contributed by atoms with E-state index in [9.17, 15) is 13.2 Å². The van der Waals surface area contributed by atoms with Crippen LogP contribution in [0.2, 0.25) is 0 Å². The van der Waals surface area contributed by atoms with Gasteiger partial charge in [-0.1, -0.05) is 6.92 Å². The van der Waals surface area contributed by atoms with Gasteiger partial charge in [-0.3, -0.25) is 4.79 Å². The van der Waals surface area contributed by atoms with Gasteiger partial charge in [0.05, 0.1) is 17.1 Å². The molecular weight excluding hydrogens is 252 g/mol. The lowest BCUT2D eigenvalue weighted by Crippen LogP contribution is -2.31. The molecule has 1 rings (SSSR count). The Hall–Kier alpha value is -0.990. The van der Waals surface area contributed by atoms with E-state index in [2.05, 4.69) is 9.71 Å². The van der Waals surface area contributed by atoms with Crippen LogP contribution in [-0.2, 0) is 14.8 Å². The van der Waals surface area contributed by atoms with E-state index in [4.69, 9.17) is 5.11 Å². The number of nitrogens with one attached hydrogen (secondary N) is 1. The zero-order valence-electron chi connectivity index (χ0n) is 8.80. The molecule has 6 nitrogen and oxygen atoms in total. The van der Waals surface area contributed by atoms with Crippen LogP contribution in [0.4, 0.5) is 0 Å². The molecule has 1 aromatic rings. The maximum absolute atomic E-state index is 11.6. The molecule has 0 saturated heterocycles. The monoisotopic (exact) mass is 264 g/mol. The summed E-state index contributed by atoms with van der Waals surface area (Å²) in [7, 11) is -3.63. The Morgan fingerprint density at radius 1 is 1.69 bits per heavy atom. The van der Waals surface area contributed by atoms with E-state index in [-0.39, 0.29) is 10.8 Å². The SMILES string of the molecule is Cc1ncc(S(=O)(=O)NCC(C)C(=O)O)s1. The predicted molar refractivity (Wildman–Crippen MR) is 58.8 cm³/mol. The minimum atomic E-state index is -3.63. The van der Waals surface area contributed by atoms with Gasteiger partial charge < -0.3 is 5.11 Å². The molecule has 2 N–H and O–H groups in total. The molecule has 0 radical (unpaired) electrons. The van der Waals surface area contributed by atoms with Crippen molar-refractivity contribution < 1.29 is 18.3 Å². The van der Waals surface area contributed by atoms with Gasteiger partial charge in [0.15, 0.2) is 4.21 Å². The van der Waals surface area contributed by atoms with Crippen LogP contribution in [0.5, 0.6) is 0 Å². The zero-order chi connectivity index (χ0) is 12.3. The summed E-state index contributed by atoms with van der Waals surface area (Å²) in [5.74, 6) is -1.80. The van der Waals surface area contributed by atoms with Crippen molar-refractivity contribution in [3.8, 4) is 0 Å². The van der Waals surface area contributed by atoms with Crippen molar-refractivity contribution in [1.82, 2.24) is 9.71 Å². The largest absolute Gasteiger partial charge is 0.481 e. The van der Waals surface area contributed by atoms with Gasteiger partial charge in [0, 0.05) is 6.54 Å². The third-order valence-corrected chi connectivity index (χ3v) is 4.66. The minimum Gasteiger partial charge on any atom is -0.481 e. The first-order chi connectivity index (χ1) is 7.33. The topological polar surface area (TPSA) is 96.4 Å². The molecule has 1 heterocycles. The van der Waals surface area contributed by atoms with Crippen molar-refractivity contribution in [2.45, 2.75) is 18.1 Å². The van der Waals surface area contributed by atoms with Crippen LogP contribution in [0.15, 0.2) is 10.4 Å². The second-order valence-electron chi connectivity index (χ2n) is 3.29. The van der Waals surface area contributed by atoms with E-state index in [1.807, 2.05) is 0 Å². The van der Waals surface area contributed by atoms with Crippen LogP contribution >= 0.6 is 11.3 Å². The fourth-order valence-electron chi connectivity index (χ4n) is 0.859. The number of nitrogens with zero attached hydrogens (tertiary/aromatic N) is 1. The van der Waals surface area contributed by atoms with Gasteiger partial charge in [0.25, 0.3) is 10.0 Å². The highest BCUT2D eigenvalue weighted by atomic mass is 32.2. The number of hydrogen-bond acceptors (Lipinski definition) is 5. The molecule has 90 valence electrons. The number of aliphatic carboxylic acids is 1. The first-order valence-electron chi connectivity index (χ1n) is 4.48. The number of carboxylic acids is 1. The maximum atomic E-state index is 11.6. The summed E-state index contributed by atoms with van der Waals surface area (Å²) in [4.78, 5) is 14.3. The molecule has 0 fully saturated rings. The van der Waals surface area contributed by atoms with Crippen LogP contribution in [0.25, 0.3) is 0 Å². The smallest absolute Gasteiger partial charge is 0.307 e. The molecule has 16 heavy (non-hydrogen) atoms. The van der Waals surface area contributed by atoms with Crippen molar-refractivity contribution in [1.29, 1.82) is 0 Å². The maximum Gasteiger partial charge on any atom is 0.307 e. The number of carbonyl (C=O) groups is 1. The quantitative estimate of drug-likeness (QED) is 0.805. The Balaban J connectivity index is 2.70. The number of rotatable bonds is 5. The Kier molecular flexibility index (Phi) is 4.00. The van der Waals surface area contributed by atoms with Gasteiger partial charge in [-0.15, -0.1) is 11.3 Å². The third-order valence-electron chi connectivity index (χ3n) is 1.87. The van der Waals surface area contributed by atoms with Gasteiger partial charge in [-0.25, -0.2) is 18.1 Å². The lowest BCUT2D eigenvalue weighted by Gasteiger charge is -2.07. The summed E-state index contributed by atoms with van der Waals surface area (Å²) >= 11 is 1.05. The molecule has 0 amide bonds. The van der Waals surface area contributed by atoms with Gasteiger partial charge in [-0.05, 0) is 6.92 Å².